The van der Waals surface area contributed by atoms with Gasteiger partial charge in [-0.3, -0.25) is 0 Å². The highest BCUT2D eigenvalue weighted by Crippen LogP contribution is 2.22. The van der Waals surface area contributed by atoms with Crippen molar-refractivity contribution in [3.05, 3.63) is 28.8 Å². The van der Waals surface area contributed by atoms with E-state index < -0.39 is 9.84 Å². The summed E-state index contributed by atoms with van der Waals surface area (Å²) in [6.45, 7) is 0.226. The molecule has 0 fully saturated rings. The van der Waals surface area contributed by atoms with Crippen LogP contribution in [0.3, 0.4) is 0 Å². The van der Waals surface area contributed by atoms with Gasteiger partial charge in [0.05, 0.1) is 9.92 Å². The molecule has 0 aliphatic carbocycles. The summed E-state index contributed by atoms with van der Waals surface area (Å²) >= 11 is 5.76. The predicted molar refractivity (Wildman–Crippen MR) is 53.2 cm³/mol. The van der Waals surface area contributed by atoms with Crippen LogP contribution >= 0.6 is 11.6 Å². The predicted octanol–water partition coefficient (Wildman–Crippen LogP) is 1.22. The first kappa shape index (κ1) is 11.5. The molecule has 6 heteroatoms. The van der Waals surface area contributed by atoms with Crippen molar-refractivity contribution in [2.75, 3.05) is 6.26 Å². The zero-order valence-electron chi connectivity index (χ0n) is 7.49. The Hall–Kier alpha value is -0.620. The van der Waals surface area contributed by atoms with E-state index in [9.17, 15) is 8.42 Å². The Kier molecular flexibility index (Phi) is 3.49. The van der Waals surface area contributed by atoms with E-state index in [4.69, 9.17) is 16.8 Å². The maximum atomic E-state index is 11.2. The van der Waals surface area contributed by atoms with Gasteiger partial charge in [0.15, 0.2) is 9.84 Å². The van der Waals surface area contributed by atoms with Crippen molar-refractivity contribution in [1.82, 2.24) is 5.48 Å². The highest BCUT2D eigenvalue weighted by Gasteiger charge is 2.11. The molecule has 0 aliphatic rings. The number of sulfone groups is 1. The summed E-state index contributed by atoms with van der Waals surface area (Å²) in [6, 6.07) is 4.51. The second-order valence-electron chi connectivity index (χ2n) is 2.87. The molecule has 4 nitrogen and oxygen atoms in total. The zero-order chi connectivity index (χ0) is 10.8. The van der Waals surface area contributed by atoms with E-state index >= 15 is 0 Å². The smallest absolute Gasteiger partial charge is 0.176 e. The molecule has 0 unspecified atom stereocenters. The number of hydrogen-bond acceptors (Lipinski definition) is 4. The van der Waals surface area contributed by atoms with Crippen LogP contribution in [0.5, 0.6) is 0 Å². The molecule has 1 rings (SSSR count). The molecule has 0 radical (unpaired) electrons. The first-order valence-corrected chi connectivity index (χ1v) is 6.07. The van der Waals surface area contributed by atoms with Gasteiger partial charge in [0.25, 0.3) is 0 Å². The normalized spacial score (nSPS) is 11.6. The molecule has 0 amide bonds. The molecule has 0 aromatic heterocycles. The van der Waals surface area contributed by atoms with Crippen molar-refractivity contribution < 1.29 is 13.6 Å². The van der Waals surface area contributed by atoms with Gasteiger partial charge in [0, 0.05) is 12.8 Å². The van der Waals surface area contributed by atoms with Crippen LogP contribution < -0.4 is 5.48 Å². The molecule has 0 heterocycles. The highest BCUT2D eigenvalue weighted by molar-refractivity contribution is 7.90. The molecular weight excluding hydrogens is 226 g/mol. The van der Waals surface area contributed by atoms with Crippen molar-refractivity contribution in [2.45, 2.75) is 11.4 Å². The topological polar surface area (TPSA) is 66.4 Å². The van der Waals surface area contributed by atoms with E-state index in [0.717, 1.165) is 6.26 Å². The summed E-state index contributed by atoms with van der Waals surface area (Å²) in [7, 11) is -3.28. The van der Waals surface area contributed by atoms with Gasteiger partial charge < -0.3 is 5.21 Å². The van der Waals surface area contributed by atoms with Gasteiger partial charge in [0.2, 0.25) is 0 Å². The molecule has 1 aromatic rings. The van der Waals surface area contributed by atoms with Gasteiger partial charge in [-0.05, 0) is 17.7 Å². The quantitative estimate of drug-likeness (QED) is 0.774. The van der Waals surface area contributed by atoms with Crippen molar-refractivity contribution in [3.63, 3.8) is 0 Å². The van der Waals surface area contributed by atoms with Gasteiger partial charge in [-0.2, -0.15) is 0 Å². The van der Waals surface area contributed by atoms with Crippen molar-refractivity contribution in [3.8, 4) is 0 Å². The lowest BCUT2D eigenvalue weighted by atomic mass is 10.2. The lowest BCUT2D eigenvalue weighted by molar-refractivity contribution is 0.161. The monoisotopic (exact) mass is 235 g/mol. The van der Waals surface area contributed by atoms with Gasteiger partial charge in [-0.25, -0.2) is 13.9 Å². The molecular formula is C8H10ClNO3S. The zero-order valence-corrected chi connectivity index (χ0v) is 9.06. The summed E-state index contributed by atoms with van der Waals surface area (Å²) in [5.74, 6) is 0. The van der Waals surface area contributed by atoms with Crippen LogP contribution in [0.15, 0.2) is 23.1 Å². The number of nitrogens with one attached hydrogen (secondary N) is 1. The Balaban J connectivity index is 3.15. The first-order chi connectivity index (χ1) is 6.45. The van der Waals surface area contributed by atoms with Crippen LogP contribution in [0.1, 0.15) is 5.56 Å². The number of hydroxylamine groups is 1. The Morgan fingerprint density at radius 2 is 2.14 bits per heavy atom. The van der Waals surface area contributed by atoms with Gasteiger partial charge >= 0.3 is 0 Å². The van der Waals surface area contributed by atoms with Crippen LogP contribution in [0.4, 0.5) is 0 Å². The third-order valence-electron chi connectivity index (χ3n) is 1.68. The lowest BCUT2D eigenvalue weighted by Gasteiger charge is -2.04. The summed E-state index contributed by atoms with van der Waals surface area (Å²) in [5.41, 5.74) is 2.67. The van der Waals surface area contributed by atoms with E-state index in [0.29, 0.717) is 5.56 Å². The lowest BCUT2D eigenvalue weighted by Crippen LogP contribution is -2.06. The minimum atomic E-state index is -3.28. The molecule has 78 valence electrons. The fourth-order valence-electron chi connectivity index (χ4n) is 1.05. The van der Waals surface area contributed by atoms with E-state index in [1.54, 1.807) is 6.07 Å². The minimum absolute atomic E-state index is 0.0980. The summed E-state index contributed by atoms with van der Waals surface area (Å²) in [6.07, 6.45) is 1.10. The van der Waals surface area contributed by atoms with Crippen LogP contribution in [-0.4, -0.2) is 19.9 Å². The standard InChI is InChI=1S/C8H10ClNO3S/c1-14(12,13)8-3-2-6(5-10-11)4-7(8)9/h2-4,10-11H,5H2,1H3. The fourth-order valence-corrected chi connectivity index (χ4v) is 2.40. The average Bonchev–Trinajstić information content (AvgIpc) is 2.02. The Labute approximate surface area is 87.4 Å². The molecule has 0 saturated carbocycles. The number of halogens is 1. The van der Waals surface area contributed by atoms with Crippen molar-refractivity contribution in [2.24, 2.45) is 0 Å². The molecule has 0 bridgehead atoms. The maximum absolute atomic E-state index is 11.2. The van der Waals surface area contributed by atoms with Gasteiger partial charge in [-0.1, -0.05) is 17.7 Å². The molecule has 0 aliphatic heterocycles. The van der Waals surface area contributed by atoms with E-state index in [1.165, 1.54) is 12.1 Å². The number of rotatable bonds is 3. The van der Waals surface area contributed by atoms with Crippen LogP contribution in [-0.2, 0) is 16.4 Å². The summed E-state index contributed by atoms with van der Waals surface area (Å²) < 4.78 is 22.3. The molecule has 0 saturated heterocycles. The van der Waals surface area contributed by atoms with Crippen molar-refractivity contribution in [1.29, 1.82) is 0 Å². The Bertz CT molecular complexity index is 430. The molecule has 0 spiro atoms. The molecule has 1 aromatic carbocycles. The van der Waals surface area contributed by atoms with Gasteiger partial charge in [0.1, 0.15) is 0 Å². The average molecular weight is 236 g/mol. The van der Waals surface area contributed by atoms with Gasteiger partial charge in [-0.15, -0.1) is 0 Å². The Morgan fingerprint density at radius 1 is 1.50 bits per heavy atom. The second-order valence-corrected chi connectivity index (χ2v) is 5.26. The van der Waals surface area contributed by atoms with Crippen molar-refractivity contribution >= 4 is 21.4 Å². The Morgan fingerprint density at radius 3 is 2.57 bits per heavy atom. The number of benzene rings is 1. The summed E-state index contributed by atoms with van der Waals surface area (Å²) in [5, 5.41) is 8.60. The third-order valence-corrected chi connectivity index (χ3v) is 3.26. The second kappa shape index (κ2) is 4.27. The fraction of sp³-hybridized carbons (Fsp3) is 0.250. The van der Waals surface area contributed by atoms with E-state index in [2.05, 4.69) is 0 Å². The summed E-state index contributed by atoms with van der Waals surface area (Å²) in [4.78, 5) is 0.0980. The van der Waals surface area contributed by atoms with Crippen LogP contribution in [0.2, 0.25) is 5.02 Å². The van der Waals surface area contributed by atoms with Crippen LogP contribution in [0, 0.1) is 0 Å². The SMILES string of the molecule is CS(=O)(=O)c1ccc(CNO)cc1Cl. The van der Waals surface area contributed by atoms with E-state index in [1.807, 2.05) is 5.48 Å². The third kappa shape index (κ3) is 2.68. The molecule has 14 heavy (non-hydrogen) atoms. The maximum Gasteiger partial charge on any atom is 0.176 e. The minimum Gasteiger partial charge on any atom is -0.316 e. The molecule has 2 N–H and O–H groups in total. The van der Waals surface area contributed by atoms with E-state index in [-0.39, 0.29) is 16.5 Å². The molecule has 0 atom stereocenters. The largest absolute Gasteiger partial charge is 0.316 e. The number of hydrogen-bond donors (Lipinski definition) is 2. The van der Waals surface area contributed by atoms with Crippen LogP contribution in [0.25, 0.3) is 0 Å². The highest BCUT2D eigenvalue weighted by atomic mass is 35.5. The first-order valence-electron chi connectivity index (χ1n) is 3.80.